The fourth-order valence-corrected chi connectivity index (χ4v) is 1.35. The van der Waals surface area contributed by atoms with Gasteiger partial charge in [0, 0.05) is 0 Å². The molecule has 3 heteroatoms. The van der Waals surface area contributed by atoms with Crippen molar-refractivity contribution in [1.29, 1.82) is 0 Å². The summed E-state index contributed by atoms with van der Waals surface area (Å²) >= 11 is 0. The smallest absolute Gasteiger partial charge is 0.310 e. The van der Waals surface area contributed by atoms with Gasteiger partial charge in [0.1, 0.15) is 5.75 Å². The molecule has 82 valence electrons. The topological polar surface area (TPSA) is 35.5 Å². The monoisotopic (exact) mass is 208 g/mol. The van der Waals surface area contributed by atoms with Gasteiger partial charge in [0.25, 0.3) is 0 Å². The van der Waals surface area contributed by atoms with Crippen LogP contribution in [0, 0.1) is 6.92 Å². The summed E-state index contributed by atoms with van der Waals surface area (Å²) in [5.74, 6) is 0.597. The van der Waals surface area contributed by atoms with Gasteiger partial charge >= 0.3 is 5.97 Å². The van der Waals surface area contributed by atoms with E-state index in [1.165, 1.54) is 0 Å². The SMILES string of the molecule is CCOC(=O)Cc1ccc(C)c(OC)c1. The maximum absolute atomic E-state index is 11.2. The number of benzene rings is 1. The molecule has 0 amide bonds. The normalized spacial score (nSPS) is 9.80. The lowest BCUT2D eigenvalue weighted by Gasteiger charge is -2.07. The second-order valence-electron chi connectivity index (χ2n) is 3.29. The Bertz CT molecular complexity index is 345. The summed E-state index contributed by atoms with van der Waals surface area (Å²) in [4.78, 5) is 11.2. The summed E-state index contributed by atoms with van der Waals surface area (Å²) in [6.45, 7) is 4.18. The van der Waals surface area contributed by atoms with Crippen molar-refractivity contribution in [3.63, 3.8) is 0 Å². The van der Waals surface area contributed by atoms with E-state index in [1.807, 2.05) is 25.1 Å². The second-order valence-corrected chi connectivity index (χ2v) is 3.29. The molecule has 0 aliphatic heterocycles. The molecule has 0 atom stereocenters. The average molecular weight is 208 g/mol. The Morgan fingerprint density at radius 3 is 2.73 bits per heavy atom. The third-order valence-electron chi connectivity index (χ3n) is 2.13. The van der Waals surface area contributed by atoms with Crippen LogP contribution in [0.4, 0.5) is 0 Å². The van der Waals surface area contributed by atoms with Crippen LogP contribution in [0.5, 0.6) is 5.75 Å². The number of methoxy groups -OCH3 is 1. The van der Waals surface area contributed by atoms with E-state index in [1.54, 1.807) is 14.0 Å². The van der Waals surface area contributed by atoms with E-state index in [9.17, 15) is 4.79 Å². The van der Waals surface area contributed by atoms with Gasteiger partial charge < -0.3 is 9.47 Å². The van der Waals surface area contributed by atoms with Crippen LogP contribution in [0.1, 0.15) is 18.1 Å². The number of rotatable bonds is 4. The predicted octanol–water partition coefficient (Wildman–Crippen LogP) is 2.11. The van der Waals surface area contributed by atoms with Gasteiger partial charge in [-0.2, -0.15) is 0 Å². The Kier molecular flexibility index (Phi) is 4.16. The van der Waals surface area contributed by atoms with Crippen LogP contribution in [-0.2, 0) is 16.0 Å². The van der Waals surface area contributed by atoms with E-state index in [0.29, 0.717) is 13.0 Å². The minimum absolute atomic E-state index is 0.205. The van der Waals surface area contributed by atoms with Gasteiger partial charge in [-0.25, -0.2) is 0 Å². The highest BCUT2D eigenvalue weighted by molar-refractivity contribution is 5.72. The molecule has 0 spiro atoms. The van der Waals surface area contributed by atoms with E-state index < -0.39 is 0 Å². The largest absolute Gasteiger partial charge is 0.496 e. The zero-order chi connectivity index (χ0) is 11.3. The first-order valence-electron chi connectivity index (χ1n) is 4.96. The molecule has 0 aliphatic rings. The average Bonchev–Trinajstić information content (AvgIpc) is 2.21. The van der Waals surface area contributed by atoms with Gasteiger partial charge in [0.2, 0.25) is 0 Å². The van der Waals surface area contributed by atoms with Crippen LogP contribution >= 0.6 is 0 Å². The van der Waals surface area contributed by atoms with Crippen LogP contribution in [0.15, 0.2) is 18.2 Å². The van der Waals surface area contributed by atoms with Gasteiger partial charge in [-0.1, -0.05) is 12.1 Å². The summed E-state index contributed by atoms with van der Waals surface area (Å²) in [5, 5.41) is 0. The minimum atomic E-state index is -0.205. The van der Waals surface area contributed by atoms with Crippen molar-refractivity contribution in [3.05, 3.63) is 29.3 Å². The first kappa shape index (κ1) is 11.6. The lowest BCUT2D eigenvalue weighted by molar-refractivity contribution is -0.142. The van der Waals surface area contributed by atoms with E-state index in [0.717, 1.165) is 16.9 Å². The zero-order valence-electron chi connectivity index (χ0n) is 9.37. The molecule has 0 saturated heterocycles. The first-order valence-corrected chi connectivity index (χ1v) is 4.96. The Morgan fingerprint density at radius 2 is 2.13 bits per heavy atom. The second kappa shape index (κ2) is 5.39. The van der Waals surface area contributed by atoms with Crippen LogP contribution in [0.3, 0.4) is 0 Å². The number of ether oxygens (including phenoxy) is 2. The first-order chi connectivity index (χ1) is 7.17. The lowest BCUT2D eigenvalue weighted by Crippen LogP contribution is -2.07. The molecule has 3 nitrogen and oxygen atoms in total. The molecular weight excluding hydrogens is 192 g/mol. The summed E-state index contributed by atoms with van der Waals surface area (Å²) in [5.41, 5.74) is 1.97. The molecule has 15 heavy (non-hydrogen) atoms. The summed E-state index contributed by atoms with van der Waals surface area (Å²) in [6, 6.07) is 5.72. The van der Waals surface area contributed by atoms with E-state index in [2.05, 4.69) is 0 Å². The summed E-state index contributed by atoms with van der Waals surface area (Å²) < 4.78 is 10.0. The molecule has 0 unspecified atom stereocenters. The molecule has 1 aromatic carbocycles. The quantitative estimate of drug-likeness (QED) is 0.711. The Hall–Kier alpha value is -1.51. The molecule has 0 aromatic heterocycles. The van der Waals surface area contributed by atoms with Gasteiger partial charge in [-0.3, -0.25) is 4.79 Å². The molecule has 0 fully saturated rings. The number of carbonyl (C=O) groups is 1. The van der Waals surface area contributed by atoms with Crippen molar-refractivity contribution < 1.29 is 14.3 Å². The third-order valence-corrected chi connectivity index (χ3v) is 2.13. The number of esters is 1. The zero-order valence-corrected chi connectivity index (χ0v) is 9.37. The number of hydrogen-bond donors (Lipinski definition) is 0. The van der Waals surface area contributed by atoms with Crippen molar-refractivity contribution in [2.75, 3.05) is 13.7 Å². The summed E-state index contributed by atoms with van der Waals surface area (Å²) in [6.07, 6.45) is 0.296. The Labute approximate surface area is 90.0 Å². The van der Waals surface area contributed by atoms with Crippen molar-refractivity contribution in [3.8, 4) is 5.75 Å². The molecule has 1 aromatic rings. The van der Waals surface area contributed by atoms with Crippen molar-refractivity contribution in [2.45, 2.75) is 20.3 Å². The molecule has 0 N–H and O–H groups in total. The van der Waals surface area contributed by atoms with Gasteiger partial charge in [-0.15, -0.1) is 0 Å². The third kappa shape index (κ3) is 3.27. The highest BCUT2D eigenvalue weighted by atomic mass is 16.5. The Morgan fingerprint density at radius 1 is 1.40 bits per heavy atom. The molecule has 1 rings (SSSR count). The fraction of sp³-hybridized carbons (Fsp3) is 0.417. The molecule has 0 radical (unpaired) electrons. The van der Waals surface area contributed by atoms with Crippen molar-refractivity contribution in [1.82, 2.24) is 0 Å². The van der Waals surface area contributed by atoms with Gasteiger partial charge in [0.05, 0.1) is 20.1 Å². The van der Waals surface area contributed by atoms with Gasteiger partial charge in [0.15, 0.2) is 0 Å². The molecule has 0 saturated carbocycles. The Balaban J connectivity index is 2.74. The highest BCUT2D eigenvalue weighted by Crippen LogP contribution is 2.19. The molecule has 0 aliphatic carbocycles. The maximum Gasteiger partial charge on any atom is 0.310 e. The van der Waals surface area contributed by atoms with E-state index in [-0.39, 0.29) is 5.97 Å². The van der Waals surface area contributed by atoms with Crippen molar-refractivity contribution >= 4 is 5.97 Å². The van der Waals surface area contributed by atoms with E-state index in [4.69, 9.17) is 9.47 Å². The van der Waals surface area contributed by atoms with E-state index >= 15 is 0 Å². The fourth-order valence-electron chi connectivity index (χ4n) is 1.35. The molecule has 0 bridgehead atoms. The van der Waals surface area contributed by atoms with Crippen molar-refractivity contribution in [2.24, 2.45) is 0 Å². The van der Waals surface area contributed by atoms with Gasteiger partial charge in [-0.05, 0) is 31.0 Å². The van der Waals surface area contributed by atoms with Crippen LogP contribution in [0.2, 0.25) is 0 Å². The standard InChI is InChI=1S/C12H16O3/c1-4-15-12(13)8-10-6-5-9(2)11(7-10)14-3/h5-7H,4,8H2,1-3H3. The number of aryl methyl sites for hydroxylation is 1. The molecule has 0 heterocycles. The van der Waals surface area contributed by atoms with Crippen LogP contribution in [0.25, 0.3) is 0 Å². The minimum Gasteiger partial charge on any atom is -0.496 e. The van der Waals surface area contributed by atoms with Crippen LogP contribution < -0.4 is 4.74 Å². The maximum atomic E-state index is 11.2. The predicted molar refractivity (Wildman–Crippen MR) is 58.1 cm³/mol. The molecular formula is C12H16O3. The number of carbonyl (C=O) groups excluding carboxylic acids is 1. The lowest BCUT2D eigenvalue weighted by atomic mass is 10.1. The number of hydrogen-bond acceptors (Lipinski definition) is 3. The summed E-state index contributed by atoms with van der Waals surface area (Å²) in [7, 11) is 1.62. The van der Waals surface area contributed by atoms with Crippen LogP contribution in [-0.4, -0.2) is 19.7 Å². The highest BCUT2D eigenvalue weighted by Gasteiger charge is 2.06.